The molecule has 2 heteroatoms. The highest BCUT2D eigenvalue weighted by Crippen LogP contribution is 2.07. The van der Waals surface area contributed by atoms with Gasteiger partial charge >= 0.3 is 0 Å². The monoisotopic (exact) mass is 271 g/mol. The molecule has 1 atom stereocenters. The van der Waals surface area contributed by atoms with Gasteiger partial charge in [-0.15, -0.1) is 0 Å². The Hall–Kier alpha value is -2.09. The first-order valence-corrected chi connectivity index (χ1v) is 6.70. The SMILES string of the molecule is C=C/C=C\C(=C/C)[C@H](C)N/C(C)=C/C=C(\C=C)C(C)=O. The Balaban J connectivity index is 4.86. The molecule has 0 aromatic rings. The van der Waals surface area contributed by atoms with Gasteiger partial charge in [0.15, 0.2) is 5.78 Å². The number of ketones is 1. The highest BCUT2D eigenvalue weighted by atomic mass is 16.1. The second-order valence-corrected chi connectivity index (χ2v) is 4.48. The quantitative estimate of drug-likeness (QED) is 0.528. The van der Waals surface area contributed by atoms with Gasteiger partial charge in [0.05, 0.1) is 0 Å². The van der Waals surface area contributed by atoms with Crippen LogP contribution in [0.1, 0.15) is 27.7 Å². The van der Waals surface area contributed by atoms with Crippen LogP contribution in [0, 0.1) is 0 Å². The molecule has 108 valence electrons. The molecule has 20 heavy (non-hydrogen) atoms. The second-order valence-electron chi connectivity index (χ2n) is 4.48. The fraction of sp³-hybridized carbons (Fsp3) is 0.278. The molecule has 0 aromatic heterocycles. The lowest BCUT2D eigenvalue weighted by molar-refractivity contribution is -0.113. The van der Waals surface area contributed by atoms with Crippen molar-refractivity contribution in [3.8, 4) is 0 Å². The average molecular weight is 271 g/mol. The number of carbonyl (C=O) groups excluding carboxylic acids is 1. The summed E-state index contributed by atoms with van der Waals surface area (Å²) in [5.74, 6) is 0.0140. The van der Waals surface area contributed by atoms with Crippen molar-refractivity contribution in [1.29, 1.82) is 0 Å². The molecule has 0 aliphatic heterocycles. The molecule has 0 saturated heterocycles. The number of nitrogens with one attached hydrogen (secondary N) is 1. The largest absolute Gasteiger partial charge is 0.382 e. The first-order valence-electron chi connectivity index (χ1n) is 6.70. The normalized spacial score (nSPS) is 15.1. The van der Waals surface area contributed by atoms with Crippen molar-refractivity contribution in [3.05, 3.63) is 72.5 Å². The molecule has 0 aromatic carbocycles. The Morgan fingerprint density at radius 3 is 2.30 bits per heavy atom. The Kier molecular flexibility index (Phi) is 8.77. The maximum atomic E-state index is 11.3. The number of rotatable bonds is 8. The zero-order valence-electron chi connectivity index (χ0n) is 12.9. The molecular formula is C18H25NO. The van der Waals surface area contributed by atoms with Crippen LogP contribution in [0.15, 0.2) is 72.5 Å². The van der Waals surface area contributed by atoms with Crippen LogP contribution < -0.4 is 5.32 Å². The number of Topliss-reactive ketones (excluding diaryl/α,β-unsaturated/α-hetero) is 1. The molecule has 0 unspecified atom stereocenters. The van der Waals surface area contributed by atoms with Crippen molar-refractivity contribution < 1.29 is 4.79 Å². The van der Waals surface area contributed by atoms with E-state index in [-0.39, 0.29) is 11.8 Å². The van der Waals surface area contributed by atoms with Gasteiger partial charge in [0.1, 0.15) is 0 Å². The third-order valence-corrected chi connectivity index (χ3v) is 2.84. The van der Waals surface area contributed by atoms with Crippen molar-refractivity contribution in [2.75, 3.05) is 0 Å². The summed E-state index contributed by atoms with van der Waals surface area (Å²) in [4.78, 5) is 11.3. The molecule has 0 aliphatic rings. The third-order valence-electron chi connectivity index (χ3n) is 2.84. The van der Waals surface area contributed by atoms with Crippen LogP contribution >= 0.6 is 0 Å². The van der Waals surface area contributed by atoms with Crippen LogP contribution in [-0.2, 0) is 4.79 Å². The Bertz CT molecular complexity index is 476. The summed E-state index contributed by atoms with van der Waals surface area (Å²) in [6.07, 6.45) is 13.0. The third kappa shape index (κ3) is 6.74. The van der Waals surface area contributed by atoms with Gasteiger partial charge < -0.3 is 5.32 Å². The van der Waals surface area contributed by atoms with E-state index in [0.717, 1.165) is 5.70 Å². The molecule has 1 N–H and O–H groups in total. The van der Waals surface area contributed by atoms with Crippen LogP contribution in [-0.4, -0.2) is 11.8 Å². The van der Waals surface area contributed by atoms with Crippen molar-refractivity contribution in [3.63, 3.8) is 0 Å². The molecule has 0 aliphatic carbocycles. The van der Waals surface area contributed by atoms with Gasteiger partial charge in [-0.25, -0.2) is 0 Å². The minimum absolute atomic E-state index is 0.0140. The summed E-state index contributed by atoms with van der Waals surface area (Å²) in [5.41, 5.74) is 2.78. The van der Waals surface area contributed by atoms with Gasteiger partial charge in [-0.1, -0.05) is 43.5 Å². The van der Waals surface area contributed by atoms with Gasteiger partial charge in [-0.2, -0.15) is 0 Å². The summed E-state index contributed by atoms with van der Waals surface area (Å²) in [7, 11) is 0. The maximum Gasteiger partial charge on any atom is 0.159 e. The van der Waals surface area contributed by atoms with E-state index in [1.807, 2.05) is 32.1 Å². The van der Waals surface area contributed by atoms with Crippen LogP contribution in [0.3, 0.4) is 0 Å². The minimum atomic E-state index is 0.0140. The van der Waals surface area contributed by atoms with E-state index < -0.39 is 0 Å². The number of hydrogen-bond acceptors (Lipinski definition) is 2. The molecule has 0 fully saturated rings. The fourth-order valence-electron chi connectivity index (χ4n) is 1.69. The number of carbonyl (C=O) groups is 1. The van der Waals surface area contributed by atoms with E-state index in [0.29, 0.717) is 5.57 Å². The summed E-state index contributed by atoms with van der Waals surface area (Å²) in [6.45, 7) is 14.9. The lowest BCUT2D eigenvalue weighted by atomic mass is 10.1. The van der Waals surface area contributed by atoms with E-state index in [1.54, 1.807) is 18.2 Å². The van der Waals surface area contributed by atoms with Crippen molar-refractivity contribution in [2.45, 2.75) is 33.7 Å². The van der Waals surface area contributed by atoms with Crippen LogP contribution in [0.5, 0.6) is 0 Å². The smallest absolute Gasteiger partial charge is 0.159 e. The van der Waals surface area contributed by atoms with Crippen LogP contribution in [0.2, 0.25) is 0 Å². The van der Waals surface area contributed by atoms with E-state index in [2.05, 4.69) is 31.5 Å². The zero-order valence-corrected chi connectivity index (χ0v) is 12.9. The van der Waals surface area contributed by atoms with E-state index in [9.17, 15) is 4.79 Å². The average Bonchev–Trinajstić information content (AvgIpc) is 2.39. The van der Waals surface area contributed by atoms with Gasteiger partial charge in [0.25, 0.3) is 0 Å². The Morgan fingerprint density at radius 2 is 1.85 bits per heavy atom. The molecule has 2 nitrogen and oxygen atoms in total. The summed E-state index contributed by atoms with van der Waals surface area (Å²) < 4.78 is 0. The van der Waals surface area contributed by atoms with Gasteiger partial charge in [-0.3, -0.25) is 4.79 Å². The van der Waals surface area contributed by atoms with Crippen molar-refractivity contribution in [1.82, 2.24) is 5.32 Å². The topological polar surface area (TPSA) is 29.1 Å². The predicted molar refractivity (Wildman–Crippen MR) is 88.4 cm³/mol. The summed E-state index contributed by atoms with van der Waals surface area (Å²) in [6, 6.07) is 0.186. The molecule has 0 radical (unpaired) electrons. The summed E-state index contributed by atoms with van der Waals surface area (Å²) >= 11 is 0. The fourth-order valence-corrected chi connectivity index (χ4v) is 1.69. The zero-order chi connectivity index (χ0) is 15.5. The molecule has 0 saturated carbocycles. The van der Waals surface area contributed by atoms with E-state index in [1.165, 1.54) is 12.5 Å². The molecular weight excluding hydrogens is 246 g/mol. The van der Waals surface area contributed by atoms with E-state index >= 15 is 0 Å². The summed E-state index contributed by atoms with van der Waals surface area (Å²) in [5, 5.41) is 3.38. The van der Waals surface area contributed by atoms with Gasteiger partial charge in [0, 0.05) is 17.3 Å². The Morgan fingerprint density at radius 1 is 1.20 bits per heavy atom. The Labute approximate surface area is 123 Å². The molecule has 0 spiro atoms. The lowest BCUT2D eigenvalue weighted by Crippen LogP contribution is -2.25. The number of hydrogen-bond donors (Lipinski definition) is 1. The first-order chi connectivity index (χ1) is 9.46. The standard InChI is InChI=1S/C18H25NO/c1-7-10-11-17(8-2)15(5)19-14(4)12-13-18(9-3)16(6)20/h7-13,15,19H,1,3H2,2,4-6H3/b11-10-,14-12+,17-8+,18-13+/t15-/m0/s1. The highest BCUT2D eigenvalue weighted by Gasteiger charge is 2.04. The number of allylic oxidation sites excluding steroid dienone is 8. The lowest BCUT2D eigenvalue weighted by Gasteiger charge is -2.16. The van der Waals surface area contributed by atoms with Crippen LogP contribution in [0.25, 0.3) is 0 Å². The highest BCUT2D eigenvalue weighted by molar-refractivity contribution is 5.96. The molecule has 0 bridgehead atoms. The molecule has 0 heterocycles. The minimum Gasteiger partial charge on any atom is -0.382 e. The van der Waals surface area contributed by atoms with Crippen LogP contribution in [0.4, 0.5) is 0 Å². The maximum absolute atomic E-state index is 11.3. The van der Waals surface area contributed by atoms with E-state index in [4.69, 9.17) is 0 Å². The van der Waals surface area contributed by atoms with Crippen molar-refractivity contribution >= 4 is 5.78 Å². The second kappa shape index (κ2) is 9.79. The molecule has 0 amide bonds. The predicted octanol–water partition coefficient (Wildman–Crippen LogP) is 4.26. The molecule has 0 rings (SSSR count). The first kappa shape index (κ1) is 17.9. The van der Waals surface area contributed by atoms with Gasteiger partial charge in [-0.05, 0) is 45.4 Å². The van der Waals surface area contributed by atoms with Crippen molar-refractivity contribution in [2.24, 2.45) is 0 Å². The van der Waals surface area contributed by atoms with Gasteiger partial charge in [0.2, 0.25) is 0 Å².